The summed E-state index contributed by atoms with van der Waals surface area (Å²) < 4.78 is 92.9. The molecule has 26 heteroatoms. The van der Waals surface area contributed by atoms with Crippen LogP contribution in [0.1, 0.15) is 11.8 Å². The van der Waals surface area contributed by atoms with Crippen LogP contribution >= 0.6 is 23.2 Å². The Bertz CT molecular complexity index is 2790. The zero-order chi connectivity index (χ0) is 44.9. The molecular weight excluding hydrogens is 895 g/mol. The molecule has 0 saturated carbocycles. The maximum atomic E-state index is 13.4. The Morgan fingerprint density at radius 3 is 2.02 bits per heavy atom. The lowest BCUT2D eigenvalue weighted by Crippen LogP contribution is -2.42. The van der Waals surface area contributed by atoms with E-state index >= 15 is 0 Å². The van der Waals surface area contributed by atoms with Gasteiger partial charge in [0.25, 0.3) is 0 Å². The summed E-state index contributed by atoms with van der Waals surface area (Å²) in [5.41, 5.74) is 6.35. The van der Waals surface area contributed by atoms with Crippen LogP contribution in [0.15, 0.2) is 104 Å². The molecule has 1 aliphatic rings. The number of phosphoric ester groups is 1. The normalized spacial score (nSPS) is 20.2. The van der Waals surface area contributed by atoms with E-state index in [0.29, 0.717) is 22.3 Å². The first-order chi connectivity index (χ1) is 30.0. The minimum atomic E-state index is -5.87. The van der Waals surface area contributed by atoms with Crippen molar-refractivity contribution >= 4 is 63.3 Å². The van der Waals surface area contributed by atoms with Crippen molar-refractivity contribution in [1.82, 2.24) is 19.5 Å². The van der Waals surface area contributed by atoms with E-state index in [1.54, 1.807) is 48.5 Å². The van der Waals surface area contributed by atoms with Gasteiger partial charge in [-0.1, -0.05) is 54.6 Å². The number of hydrogen-bond donors (Lipinski definition) is 4. The van der Waals surface area contributed by atoms with E-state index in [0.717, 1.165) is 6.33 Å². The predicted octanol–water partition coefficient (Wildman–Crippen LogP) is 6.28. The number of carbonyl (C=O) groups excluding carboxylic acids is 2. The molecule has 1 fully saturated rings. The number of hydrogen-bond acceptors (Lipinski definition) is 19. The zero-order valence-electron chi connectivity index (χ0n) is 32.7. The molecule has 0 spiro atoms. The molecule has 7 atom stereocenters. The second-order valence-corrected chi connectivity index (χ2v) is 18.2. The number of aromatic nitrogens is 4. The number of carbonyl (C=O) groups is 2. The Labute approximate surface area is 355 Å². The van der Waals surface area contributed by atoms with Crippen LogP contribution in [0.2, 0.25) is 0 Å². The van der Waals surface area contributed by atoms with Gasteiger partial charge in [0.2, 0.25) is 0 Å². The van der Waals surface area contributed by atoms with Crippen molar-refractivity contribution in [3.05, 3.63) is 109 Å². The average molecular weight is 932 g/mol. The molecule has 5 N–H and O–H groups in total. The van der Waals surface area contributed by atoms with Gasteiger partial charge in [-0.25, -0.2) is 38.0 Å². The van der Waals surface area contributed by atoms with Crippen molar-refractivity contribution in [3.63, 3.8) is 0 Å². The molecule has 6 aromatic rings. The number of methoxy groups -OCH3 is 2. The van der Waals surface area contributed by atoms with Gasteiger partial charge in [0, 0.05) is 12.1 Å². The van der Waals surface area contributed by atoms with E-state index in [1.165, 1.54) is 67.6 Å². The van der Waals surface area contributed by atoms with E-state index < -0.39 is 72.9 Å². The minimum Gasteiger partial charge on any atom is -0.497 e. The minimum absolute atomic E-state index is 0.0213. The lowest BCUT2D eigenvalue weighted by molar-refractivity contribution is -0.0565. The summed E-state index contributed by atoms with van der Waals surface area (Å²) in [7, 11) is -13.9. The third kappa shape index (κ3) is 11.2. The molecule has 332 valence electrons. The quantitative estimate of drug-likeness (QED) is 0.0471. The van der Waals surface area contributed by atoms with Crippen molar-refractivity contribution in [1.29, 1.82) is 0 Å². The summed E-state index contributed by atoms with van der Waals surface area (Å²) in [6.45, 7) is -1.14. The fraction of sp³-hybridized carbons (Fsp3) is 0.216. The molecule has 3 heterocycles. The molecule has 7 rings (SSSR count). The van der Waals surface area contributed by atoms with Crippen LogP contribution in [0, 0.1) is 0 Å². The van der Waals surface area contributed by atoms with E-state index in [4.69, 9.17) is 43.4 Å². The van der Waals surface area contributed by atoms with Gasteiger partial charge in [-0.3, -0.25) is 13.7 Å². The Morgan fingerprint density at radius 2 is 1.35 bits per heavy atom. The first-order valence-corrected chi connectivity index (χ1v) is 22.9. The van der Waals surface area contributed by atoms with Gasteiger partial charge in [0.15, 0.2) is 29.9 Å². The second kappa shape index (κ2) is 18.8. The first kappa shape index (κ1) is 45.1. The summed E-state index contributed by atoms with van der Waals surface area (Å²) >= 11 is 0. The Hall–Kier alpha value is -5.96. The maximum Gasteiger partial charge on any atom is 0.514 e. The highest BCUT2D eigenvalue weighted by atomic mass is 31.3. The summed E-state index contributed by atoms with van der Waals surface area (Å²) in [5, 5.41) is 1.23. The third-order valence-electron chi connectivity index (χ3n) is 8.99. The van der Waals surface area contributed by atoms with Crippen LogP contribution in [0.25, 0.3) is 21.9 Å². The van der Waals surface area contributed by atoms with E-state index in [2.05, 4.69) is 23.6 Å². The fourth-order valence-corrected chi connectivity index (χ4v) is 10.5. The third-order valence-corrected chi connectivity index (χ3v) is 13.7. The molecule has 3 unspecified atom stereocenters. The number of nitrogens with two attached hydrogens (primary N) is 1. The van der Waals surface area contributed by atoms with E-state index in [9.17, 15) is 38.0 Å². The molecule has 4 aromatic carbocycles. The summed E-state index contributed by atoms with van der Waals surface area (Å²) in [4.78, 5) is 70.8. The fourth-order valence-electron chi connectivity index (χ4n) is 6.35. The maximum absolute atomic E-state index is 13.4. The van der Waals surface area contributed by atoms with E-state index in [-0.39, 0.29) is 34.0 Å². The molecule has 0 amide bonds. The number of ether oxygens (including phenoxy) is 7. The monoisotopic (exact) mass is 931 g/mol. The lowest BCUT2D eigenvalue weighted by Gasteiger charge is -2.24. The SMILES string of the molecule is COc1cccc(OC(=O)O[C@@H]2[C@H](OC(=O)Oc3cccc(OC)c3)[C@@H](COP(=O)(O)OP(=O)(O)OP(=O)(O)Cc3cccc4ccccc34)O[C@H]2n2cnc3c(N)ncnc32)c1. The largest absolute Gasteiger partial charge is 0.514 e. The van der Waals surface area contributed by atoms with Crippen molar-refractivity contribution < 1.29 is 84.3 Å². The van der Waals surface area contributed by atoms with Gasteiger partial charge < -0.3 is 53.6 Å². The number of phosphoric acid groups is 2. The molecule has 63 heavy (non-hydrogen) atoms. The summed E-state index contributed by atoms with van der Waals surface area (Å²) in [6, 6.07) is 23.3. The summed E-state index contributed by atoms with van der Waals surface area (Å²) in [5.74, 6) is 0.485. The highest BCUT2D eigenvalue weighted by Gasteiger charge is 2.53. The van der Waals surface area contributed by atoms with Crippen molar-refractivity contribution in [2.45, 2.75) is 30.7 Å². The number of nitrogens with zero attached hydrogens (tertiary/aromatic N) is 4. The molecule has 2 aromatic heterocycles. The van der Waals surface area contributed by atoms with Gasteiger partial charge in [-0.2, -0.15) is 4.31 Å². The van der Waals surface area contributed by atoms with Gasteiger partial charge in [0.1, 0.15) is 40.9 Å². The molecule has 0 bridgehead atoms. The smallest absolute Gasteiger partial charge is 0.497 e. The van der Waals surface area contributed by atoms with Crippen molar-refractivity contribution in [2.75, 3.05) is 26.6 Å². The topological polar surface area (TPSA) is 308 Å². The van der Waals surface area contributed by atoms with Gasteiger partial charge in [-0.05, 0) is 40.6 Å². The molecule has 0 radical (unpaired) electrons. The number of anilines is 1. The van der Waals surface area contributed by atoms with Crippen LogP contribution in [-0.4, -0.2) is 85.6 Å². The Morgan fingerprint density at radius 1 is 0.746 bits per heavy atom. The highest BCUT2D eigenvalue weighted by molar-refractivity contribution is 7.68. The highest BCUT2D eigenvalue weighted by Crippen LogP contribution is 2.68. The van der Waals surface area contributed by atoms with Crippen molar-refractivity contribution in [3.8, 4) is 23.0 Å². The number of fused-ring (bicyclic) bond motifs is 2. The van der Waals surface area contributed by atoms with Crippen LogP contribution < -0.4 is 24.7 Å². The molecule has 1 aliphatic heterocycles. The first-order valence-electron chi connectivity index (χ1n) is 18.2. The predicted molar refractivity (Wildman–Crippen MR) is 217 cm³/mol. The molecule has 1 saturated heterocycles. The molecular formula is C37H36N5O18P3. The molecule has 23 nitrogen and oxygen atoms in total. The number of imidazole rings is 1. The number of nitrogen functional groups attached to an aromatic ring is 1. The lowest BCUT2D eigenvalue weighted by atomic mass is 10.1. The molecule has 0 aliphatic carbocycles. The number of benzene rings is 4. The van der Waals surface area contributed by atoms with Crippen molar-refractivity contribution in [2.24, 2.45) is 0 Å². The standard InChI is InChI=1S/C37H36N5O18P3/c1-51-24-11-6-13-26(16-24)54-36(43)57-31-29(18-53-62(47,48)60-63(49,50)59-61(45,46)19-23-10-5-9-22-8-3-4-15-28(22)23)56-35(42-21-41-30-33(38)39-20-40-34(30)42)32(31)58-37(44)55-27-14-7-12-25(17-27)52-2/h3-17,20-21,29,31-32,35H,18-19H2,1-2H3,(H,45,46)(H,47,48)(H,49,50)(H2,38,39,40)/t29-,31-,32-,35-/m1/s1. The van der Waals surface area contributed by atoms with E-state index in [1.807, 2.05) is 0 Å². The van der Waals surface area contributed by atoms with Gasteiger partial charge in [0.05, 0.1) is 33.3 Å². The summed E-state index contributed by atoms with van der Waals surface area (Å²) in [6.07, 6.45) is -8.22. The average Bonchev–Trinajstić information content (AvgIpc) is 3.80. The van der Waals surface area contributed by atoms with Crippen LogP contribution in [-0.2, 0) is 47.2 Å². The van der Waals surface area contributed by atoms with Crippen LogP contribution in [0.3, 0.4) is 0 Å². The van der Waals surface area contributed by atoms with Crippen LogP contribution in [0.4, 0.5) is 15.4 Å². The zero-order valence-corrected chi connectivity index (χ0v) is 35.4. The Kier molecular flexibility index (Phi) is 13.4. The van der Waals surface area contributed by atoms with Gasteiger partial charge >= 0.3 is 35.6 Å². The number of rotatable bonds is 16. The van der Waals surface area contributed by atoms with Gasteiger partial charge in [-0.15, -0.1) is 0 Å². The van der Waals surface area contributed by atoms with Crippen LogP contribution in [0.5, 0.6) is 23.0 Å². The second-order valence-electron chi connectivity index (χ2n) is 13.2. The Balaban J connectivity index is 1.15.